The molecular formula is C15H19NO4. The summed E-state index contributed by atoms with van der Waals surface area (Å²) >= 11 is 0. The van der Waals surface area contributed by atoms with Gasteiger partial charge in [-0.25, -0.2) is 0 Å². The number of methoxy groups -OCH3 is 1. The fourth-order valence-electron chi connectivity index (χ4n) is 2.23. The second kappa shape index (κ2) is 6.41. The number of hydrogen-bond donors (Lipinski definition) is 1. The first kappa shape index (κ1) is 14.4. The zero-order valence-electron chi connectivity index (χ0n) is 11.5. The van der Waals surface area contributed by atoms with Crippen molar-refractivity contribution in [3.05, 3.63) is 29.8 Å². The van der Waals surface area contributed by atoms with Crippen molar-refractivity contribution in [2.75, 3.05) is 13.7 Å². The average Bonchev–Trinajstić information content (AvgIpc) is 3.24. The van der Waals surface area contributed by atoms with Crippen LogP contribution < -0.4 is 4.74 Å². The number of carbonyl (C=O) groups excluding carboxylic acids is 1. The Kier molecular flexibility index (Phi) is 4.61. The molecule has 1 saturated carbocycles. The molecule has 1 fully saturated rings. The standard InChI is InChI=1S/C15H19NO4/c1-20-13-5-3-2-4-11(13)10-14(17)16(12-6-7-12)9-8-15(18)19/h2-5,12H,6-10H2,1H3,(H,18,19). The Morgan fingerprint density at radius 2 is 2.05 bits per heavy atom. The highest BCUT2D eigenvalue weighted by molar-refractivity contribution is 5.80. The minimum atomic E-state index is -0.874. The molecule has 0 aromatic heterocycles. The summed E-state index contributed by atoms with van der Waals surface area (Å²) in [5.74, 6) is -0.214. The molecule has 20 heavy (non-hydrogen) atoms. The number of nitrogens with zero attached hydrogens (tertiary/aromatic N) is 1. The van der Waals surface area contributed by atoms with Gasteiger partial charge in [0.2, 0.25) is 5.91 Å². The predicted molar refractivity (Wildman–Crippen MR) is 73.7 cm³/mol. The maximum absolute atomic E-state index is 12.4. The Morgan fingerprint density at radius 3 is 2.65 bits per heavy atom. The van der Waals surface area contributed by atoms with Crippen LogP contribution in [0.2, 0.25) is 0 Å². The van der Waals surface area contributed by atoms with Crippen molar-refractivity contribution >= 4 is 11.9 Å². The predicted octanol–water partition coefficient (Wildman–Crippen LogP) is 1.70. The highest BCUT2D eigenvalue weighted by Crippen LogP contribution is 2.28. The Labute approximate surface area is 118 Å². The molecule has 0 unspecified atom stereocenters. The summed E-state index contributed by atoms with van der Waals surface area (Å²) in [7, 11) is 1.58. The first-order chi connectivity index (χ1) is 9.61. The minimum absolute atomic E-state index is 0.00579. The molecule has 0 spiro atoms. The van der Waals surface area contributed by atoms with Gasteiger partial charge in [0.05, 0.1) is 20.0 Å². The second-order valence-corrected chi connectivity index (χ2v) is 4.95. The van der Waals surface area contributed by atoms with Crippen LogP contribution in [-0.4, -0.2) is 41.6 Å². The summed E-state index contributed by atoms with van der Waals surface area (Å²) in [6.07, 6.45) is 2.18. The van der Waals surface area contributed by atoms with Crippen molar-refractivity contribution in [3.63, 3.8) is 0 Å². The van der Waals surface area contributed by atoms with Crippen molar-refractivity contribution in [3.8, 4) is 5.75 Å². The normalized spacial score (nSPS) is 13.8. The van der Waals surface area contributed by atoms with Gasteiger partial charge in [0.1, 0.15) is 5.75 Å². The number of hydrogen-bond acceptors (Lipinski definition) is 3. The molecule has 2 rings (SSSR count). The molecule has 0 aliphatic heterocycles. The summed E-state index contributed by atoms with van der Waals surface area (Å²) in [5, 5.41) is 8.76. The maximum atomic E-state index is 12.4. The minimum Gasteiger partial charge on any atom is -0.496 e. The van der Waals surface area contributed by atoms with E-state index < -0.39 is 5.97 Å². The van der Waals surface area contributed by atoms with E-state index in [1.54, 1.807) is 12.0 Å². The van der Waals surface area contributed by atoms with Crippen LogP contribution in [0.1, 0.15) is 24.8 Å². The molecular weight excluding hydrogens is 258 g/mol. The zero-order chi connectivity index (χ0) is 14.5. The van der Waals surface area contributed by atoms with Gasteiger partial charge in [0.25, 0.3) is 0 Å². The zero-order valence-corrected chi connectivity index (χ0v) is 11.5. The van der Waals surface area contributed by atoms with Crippen LogP contribution in [0.4, 0.5) is 0 Å². The van der Waals surface area contributed by atoms with Gasteiger partial charge in [-0.05, 0) is 18.9 Å². The van der Waals surface area contributed by atoms with Crippen LogP contribution in [0.25, 0.3) is 0 Å². The van der Waals surface area contributed by atoms with Crippen LogP contribution in [-0.2, 0) is 16.0 Å². The molecule has 0 heterocycles. The lowest BCUT2D eigenvalue weighted by atomic mass is 10.1. The quantitative estimate of drug-likeness (QED) is 0.823. The Bertz CT molecular complexity index is 496. The van der Waals surface area contributed by atoms with E-state index in [9.17, 15) is 9.59 Å². The highest BCUT2D eigenvalue weighted by Gasteiger charge is 2.32. The number of carboxylic acid groups (broad SMARTS) is 1. The lowest BCUT2D eigenvalue weighted by Gasteiger charge is -2.22. The van der Waals surface area contributed by atoms with Gasteiger partial charge < -0.3 is 14.7 Å². The number of carboxylic acids is 1. The molecule has 0 bridgehead atoms. The maximum Gasteiger partial charge on any atom is 0.305 e. The van der Waals surface area contributed by atoms with E-state index >= 15 is 0 Å². The van der Waals surface area contributed by atoms with Crippen molar-refractivity contribution in [2.24, 2.45) is 0 Å². The second-order valence-electron chi connectivity index (χ2n) is 4.95. The summed E-state index contributed by atoms with van der Waals surface area (Å²) in [6, 6.07) is 7.62. The van der Waals surface area contributed by atoms with Gasteiger partial charge in [-0.3, -0.25) is 9.59 Å². The molecule has 0 atom stereocenters. The average molecular weight is 277 g/mol. The van der Waals surface area contributed by atoms with Gasteiger partial charge in [0, 0.05) is 18.2 Å². The third kappa shape index (κ3) is 3.73. The van der Waals surface area contributed by atoms with Crippen molar-refractivity contribution in [2.45, 2.75) is 31.7 Å². The molecule has 108 valence electrons. The fraction of sp³-hybridized carbons (Fsp3) is 0.467. The molecule has 1 aromatic carbocycles. The Morgan fingerprint density at radius 1 is 1.35 bits per heavy atom. The molecule has 0 radical (unpaired) electrons. The number of amides is 1. The summed E-state index contributed by atoms with van der Waals surface area (Å²) < 4.78 is 5.24. The summed E-state index contributed by atoms with van der Waals surface area (Å²) in [4.78, 5) is 24.7. The number of rotatable bonds is 7. The highest BCUT2D eigenvalue weighted by atomic mass is 16.5. The fourth-order valence-corrected chi connectivity index (χ4v) is 2.23. The van der Waals surface area contributed by atoms with Crippen molar-refractivity contribution < 1.29 is 19.4 Å². The molecule has 1 aliphatic carbocycles. The molecule has 1 N–H and O–H groups in total. The van der Waals surface area contributed by atoms with Crippen molar-refractivity contribution in [1.82, 2.24) is 4.90 Å². The topological polar surface area (TPSA) is 66.8 Å². The van der Waals surface area contributed by atoms with E-state index in [1.165, 1.54) is 0 Å². The number of aliphatic carboxylic acids is 1. The summed E-state index contributed by atoms with van der Waals surface area (Å²) in [5.41, 5.74) is 0.834. The molecule has 5 nitrogen and oxygen atoms in total. The van der Waals surface area contributed by atoms with Gasteiger partial charge in [-0.15, -0.1) is 0 Å². The number of carbonyl (C=O) groups is 2. The van der Waals surface area contributed by atoms with Crippen LogP contribution in [0.3, 0.4) is 0 Å². The Hall–Kier alpha value is -2.04. The van der Waals surface area contributed by atoms with Crippen molar-refractivity contribution in [1.29, 1.82) is 0 Å². The lowest BCUT2D eigenvalue weighted by molar-refractivity contribution is -0.138. The molecule has 1 aliphatic rings. The smallest absolute Gasteiger partial charge is 0.305 e. The lowest BCUT2D eigenvalue weighted by Crippen LogP contribution is -2.36. The van der Waals surface area contributed by atoms with E-state index in [0.717, 1.165) is 18.4 Å². The number of para-hydroxylation sites is 1. The summed E-state index contributed by atoms with van der Waals surface area (Å²) in [6.45, 7) is 0.286. The molecule has 1 amide bonds. The van der Waals surface area contributed by atoms with Crippen LogP contribution >= 0.6 is 0 Å². The van der Waals surface area contributed by atoms with Gasteiger partial charge in [-0.1, -0.05) is 18.2 Å². The van der Waals surface area contributed by atoms with Gasteiger partial charge in [0.15, 0.2) is 0 Å². The van der Waals surface area contributed by atoms with Gasteiger partial charge in [-0.2, -0.15) is 0 Å². The largest absolute Gasteiger partial charge is 0.496 e. The first-order valence-corrected chi connectivity index (χ1v) is 6.75. The SMILES string of the molecule is COc1ccccc1CC(=O)N(CCC(=O)O)C1CC1. The van der Waals surface area contributed by atoms with Crippen LogP contribution in [0.15, 0.2) is 24.3 Å². The third-order valence-electron chi connectivity index (χ3n) is 3.41. The van der Waals surface area contributed by atoms with E-state index in [2.05, 4.69) is 0 Å². The molecule has 1 aromatic rings. The van der Waals surface area contributed by atoms with Crippen LogP contribution in [0.5, 0.6) is 5.75 Å². The first-order valence-electron chi connectivity index (χ1n) is 6.75. The number of ether oxygens (including phenoxy) is 1. The van der Waals surface area contributed by atoms with E-state index in [-0.39, 0.29) is 31.3 Å². The number of benzene rings is 1. The van der Waals surface area contributed by atoms with Gasteiger partial charge >= 0.3 is 5.97 Å². The van der Waals surface area contributed by atoms with Crippen LogP contribution in [0, 0.1) is 0 Å². The molecule has 5 heteroatoms. The van der Waals surface area contributed by atoms with E-state index in [0.29, 0.717) is 5.75 Å². The van der Waals surface area contributed by atoms with E-state index in [4.69, 9.17) is 9.84 Å². The monoisotopic (exact) mass is 277 g/mol. The third-order valence-corrected chi connectivity index (χ3v) is 3.41. The Balaban J connectivity index is 2.02. The molecule has 0 saturated heterocycles. The van der Waals surface area contributed by atoms with E-state index in [1.807, 2.05) is 24.3 Å².